The monoisotopic (exact) mass is 458 g/mol. The number of pyridine rings is 1. The van der Waals surface area contributed by atoms with E-state index in [1.165, 1.54) is 28.5 Å². The second-order valence-corrected chi connectivity index (χ2v) is 9.55. The Morgan fingerprint density at radius 2 is 1.97 bits per heavy atom. The summed E-state index contributed by atoms with van der Waals surface area (Å²) in [5.41, 5.74) is 3.26. The van der Waals surface area contributed by atoms with E-state index in [1.54, 1.807) is 6.07 Å². The number of aromatic nitrogens is 2. The summed E-state index contributed by atoms with van der Waals surface area (Å²) in [7, 11) is 0. The fourth-order valence-corrected chi connectivity index (χ4v) is 4.92. The maximum Gasteiger partial charge on any atom is 0.239 e. The fraction of sp³-hybridized carbons (Fsp3) is 0.200. The number of nitrogens with one attached hydrogen (secondary N) is 1. The van der Waals surface area contributed by atoms with E-state index in [1.807, 2.05) is 36.6 Å². The molecule has 0 saturated heterocycles. The first kappa shape index (κ1) is 22.0. The van der Waals surface area contributed by atoms with Crippen molar-refractivity contribution in [1.29, 1.82) is 5.26 Å². The van der Waals surface area contributed by atoms with Gasteiger partial charge in [0.25, 0.3) is 0 Å². The molecule has 7 heteroatoms. The van der Waals surface area contributed by atoms with Gasteiger partial charge in [0, 0.05) is 16.6 Å². The third-order valence-corrected chi connectivity index (χ3v) is 6.84. The van der Waals surface area contributed by atoms with Crippen molar-refractivity contribution in [2.45, 2.75) is 37.0 Å². The van der Waals surface area contributed by atoms with Crippen molar-refractivity contribution < 1.29 is 4.79 Å². The number of carbonyl (C=O) groups excluding carboxylic acids is 1. The Bertz CT molecular complexity index is 1310. The number of amides is 1. The van der Waals surface area contributed by atoms with Crippen LogP contribution in [0.2, 0.25) is 0 Å². The minimum Gasteiger partial charge on any atom is -0.301 e. The summed E-state index contributed by atoms with van der Waals surface area (Å²) in [6, 6.07) is 20.2. The molecule has 1 atom stereocenters. The van der Waals surface area contributed by atoms with Crippen LogP contribution >= 0.6 is 23.1 Å². The van der Waals surface area contributed by atoms with Crippen LogP contribution in [-0.4, -0.2) is 21.1 Å². The number of nitrogens with zero attached hydrogens (tertiary/aromatic N) is 3. The van der Waals surface area contributed by atoms with Crippen molar-refractivity contribution in [1.82, 2.24) is 9.97 Å². The van der Waals surface area contributed by atoms with Crippen LogP contribution < -0.4 is 5.32 Å². The molecule has 160 valence electrons. The molecular weight excluding hydrogens is 436 g/mol. The molecule has 5 nitrogen and oxygen atoms in total. The lowest BCUT2D eigenvalue weighted by molar-refractivity contribution is -0.115. The molecule has 0 aliphatic rings. The predicted molar refractivity (Wildman–Crippen MR) is 132 cm³/mol. The summed E-state index contributed by atoms with van der Waals surface area (Å²) >= 11 is 2.70. The van der Waals surface area contributed by atoms with Gasteiger partial charge >= 0.3 is 0 Å². The molecule has 2 aromatic carbocycles. The zero-order valence-corrected chi connectivity index (χ0v) is 19.5. The van der Waals surface area contributed by atoms with E-state index in [0.717, 1.165) is 35.2 Å². The van der Waals surface area contributed by atoms with Gasteiger partial charge in [0.15, 0.2) is 5.13 Å². The Labute approximate surface area is 195 Å². The van der Waals surface area contributed by atoms with Gasteiger partial charge in [-0.2, -0.15) is 5.26 Å². The van der Waals surface area contributed by atoms with E-state index in [-0.39, 0.29) is 5.91 Å². The van der Waals surface area contributed by atoms with Crippen molar-refractivity contribution in [3.63, 3.8) is 0 Å². The number of hydrogen-bond donors (Lipinski definition) is 1. The minimum absolute atomic E-state index is 0.166. The van der Waals surface area contributed by atoms with Gasteiger partial charge in [0.1, 0.15) is 11.1 Å². The highest BCUT2D eigenvalue weighted by atomic mass is 32.2. The molecule has 1 N–H and O–H groups in total. The number of benzene rings is 2. The van der Waals surface area contributed by atoms with Crippen LogP contribution in [0.25, 0.3) is 22.0 Å². The maximum absolute atomic E-state index is 12.8. The van der Waals surface area contributed by atoms with E-state index >= 15 is 0 Å². The molecule has 0 bridgehead atoms. The number of thioether (sulfide) groups is 1. The van der Waals surface area contributed by atoms with Crippen LogP contribution in [0.3, 0.4) is 0 Å². The summed E-state index contributed by atoms with van der Waals surface area (Å²) in [4.78, 5) is 21.9. The molecule has 0 spiro atoms. The zero-order chi connectivity index (χ0) is 22.5. The summed E-state index contributed by atoms with van der Waals surface area (Å²) in [5.74, 6) is -0.166. The molecule has 0 radical (unpaired) electrons. The summed E-state index contributed by atoms with van der Waals surface area (Å²) in [5, 5.41) is 17.3. The van der Waals surface area contributed by atoms with Crippen LogP contribution in [0, 0.1) is 11.3 Å². The first-order valence-electron chi connectivity index (χ1n) is 10.4. The van der Waals surface area contributed by atoms with Crippen molar-refractivity contribution in [3.05, 3.63) is 71.2 Å². The second kappa shape index (κ2) is 9.94. The fourth-order valence-electron chi connectivity index (χ4n) is 3.29. The summed E-state index contributed by atoms with van der Waals surface area (Å²) < 4.78 is 0. The number of thiazole rings is 1. The molecule has 0 aliphatic carbocycles. The highest BCUT2D eigenvalue weighted by Gasteiger charge is 2.19. The standard InChI is InChI=1S/C25H22N4OS2/c1-3-6-21-12-11-20(14-26)24(27-21)32-16(2)23(30)29-25-28-22(15-31-25)19-10-9-17-7-4-5-8-18(17)13-19/h4-5,7-13,15-16H,3,6H2,1-2H3,(H,28,29,30). The van der Waals surface area contributed by atoms with Gasteiger partial charge < -0.3 is 5.32 Å². The van der Waals surface area contributed by atoms with E-state index < -0.39 is 5.25 Å². The molecule has 0 fully saturated rings. The topological polar surface area (TPSA) is 78.7 Å². The molecule has 4 rings (SSSR count). The molecule has 4 aromatic rings. The zero-order valence-electron chi connectivity index (χ0n) is 17.8. The molecule has 1 amide bonds. The van der Waals surface area contributed by atoms with Crippen LogP contribution in [0.15, 0.2) is 65.0 Å². The number of hydrogen-bond acceptors (Lipinski definition) is 6. The molecule has 0 saturated carbocycles. The number of nitriles is 1. The molecular formula is C25H22N4OS2. The highest BCUT2D eigenvalue weighted by Crippen LogP contribution is 2.30. The lowest BCUT2D eigenvalue weighted by Gasteiger charge is -2.12. The van der Waals surface area contributed by atoms with E-state index in [4.69, 9.17) is 0 Å². The lowest BCUT2D eigenvalue weighted by Crippen LogP contribution is -2.22. The highest BCUT2D eigenvalue weighted by molar-refractivity contribution is 8.00. The quantitative estimate of drug-likeness (QED) is 0.329. The van der Waals surface area contributed by atoms with Crippen LogP contribution in [0.1, 0.15) is 31.5 Å². The largest absolute Gasteiger partial charge is 0.301 e. The Morgan fingerprint density at radius 3 is 2.75 bits per heavy atom. The number of rotatable bonds is 7. The number of aryl methyl sites for hydroxylation is 1. The van der Waals surface area contributed by atoms with Gasteiger partial charge in [-0.25, -0.2) is 9.97 Å². The van der Waals surface area contributed by atoms with Gasteiger partial charge in [-0.15, -0.1) is 11.3 Å². The average Bonchev–Trinajstić information content (AvgIpc) is 3.27. The van der Waals surface area contributed by atoms with Gasteiger partial charge in [0.2, 0.25) is 5.91 Å². The van der Waals surface area contributed by atoms with Crippen molar-refractivity contribution in [2.75, 3.05) is 5.32 Å². The molecule has 0 aliphatic heterocycles. The Hall–Kier alpha value is -3.21. The second-order valence-electron chi connectivity index (χ2n) is 7.37. The first-order valence-corrected chi connectivity index (χ1v) is 12.2. The van der Waals surface area contributed by atoms with Crippen molar-refractivity contribution in [2.24, 2.45) is 0 Å². The van der Waals surface area contributed by atoms with E-state index in [9.17, 15) is 10.1 Å². The third kappa shape index (κ3) is 4.98. The molecule has 1 unspecified atom stereocenters. The molecule has 2 aromatic heterocycles. The summed E-state index contributed by atoms with van der Waals surface area (Å²) in [6.45, 7) is 3.90. The normalized spacial score (nSPS) is 11.8. The smallest absolute Gasteiger partial charge is 0.239 e. The van der Waals surface area contributed by atoms with Gasteiger partial charge in [-0.3, -0.25) is 4.79 Å². The lowest BCUT2D eigenvalue weighted by atomic mass is 10.1. The Kier molecular flexibility index (Phi) is 6.84. The van der Waals surface area contributed by atoms with Crippen molar-refractivity contribution >= 4 is 44.9 Å². The minimum atomic E-state index is -0.417. The van der Waals surface area contributed by atoms with Crippen LogP contribution in [0.5, 0.6) is 0 Å². The SMILES string of the molecule is CCCc1ccc(C#N)c(SC(C)C(=O)Nc2nc(-c3ccc4ccccc4c3)cs2)n1. The third-order valence-electron chi connectivity index (χ3n) is 4.98. The average molecular weight is 459 g/mol. The number of fused-ring (bicyclic) bond motifs is 1. The van der Waals surface area contributed by atoms with Crippen LogP contribution in [0.4, 0.5) is 5.13 Å². The Balaban J connectivity index is 1.46. The first-order chi connectivity index (χ1) is 15.6. The van der Waals surface area contributed by atoms with E-state index in [0.29, 0.717) is 15.7 Å². The predicted octanol–water partition coefficient (Wildman–Crippen LogP) is 6.30. The molecule has 2 heterocycles. The van der Waals surface area contributed by atoms with Gasteiger partial charge in [-0.05, 0) is 42.3 Å². The van der Waals surface area contributed by atoms with Crippen LogP contribution in [-0.2, 0) is 11.2 Å². The summed E-state index contributed by atoms with van der Waals surface area (Å²) in [6.07, 6.45) is 1.82. The number of anilines is 1. The number of carbonyl (C=O) groups is 1. The van der Waals surface area contributed by atoms with Gasteiger partial charge in [-0.1, -0.05) is 61.5 Å². The maximum atomic E-state index is 12.8. The van der Waals surface area contributed by atoms with E-state index in [2.05, 4.69) is 52.5 Å². The Morgan fingerprint density at radius 1 is 1.16 bits per heavy atom. The van der Waals surface area contributed by atoms with Gasteiger partial charge in [0.05, 0.1) is 16.5 Å². The molecule has 32 heavy (non-hydrogen) atoms. The van der Waals surface area contributed by atoms with Crippen molar-refractivity contribution in [3.8, 4) is 17.3 Å².